The van der Waals surface area contributed by atoms with Gasteiger partial charge in [0, 0.05) is 18.6 Å². The van der Waals surface area contributed by atoms with Crippen LogP contribution in [0.15, 0.2) is 48.5 Å². The van der Waals surface area contributed by atoms with Crippen LogP contribution in [0.25, 0.3) is 0 Å². The molecule has 1 aliphatic carbocycles. The molecular formula is C34H48O8. The number of esters is 2. The summed E-state index contributed by atoms with van der Waals surface area (Å²) in [6, 6.07) is 16.5. The molecule has 232 valence electrons. The molecular weight excluding hydrogens is 536 g/mol. The van der Waals surface area contributed by atoms with E-state index < -0.39 is 24.4 Å². The van der Waals surface area contributed by atoms with Gasteiger partial charge in [0.15, 0.2) is 12.6 Å². The molecule has 1 saturated carbocycles. The lowest BCUT2D eigenvalue weighted by molar-refractivity contribution is -0.180. The number of rotatable bonds is 16. The van der Waals surface area contributed by atoms with E-state index in [4.69, 9.17) is 28.4 Å². The summed E-state index contributed by atoms with van der Waals surface area (Å²) in [5, 5.41) is 0. The number of benzene rings is 2. The molecule has 8 heteroatoms. The number of carbonyl (C=O) groups is 2. The molecule has 0 amide bonds. The van der Waals surface area contributed by atoms with E-state index in [9.17, 15) is 9.59 Å². The zero-order chi connectivity index (χ0) is 30.5. The predicted molar refractivity (Wildman–Crippen MR) is 160 cm³/mol. The van der Waals surface area contributed by atoms with Crippen LogP contribution in [0.1, 0.15) is 84.8 Å². The van der Waals surface area contributed by atoms with E-state index in [1.54, 1.807) is 27.7 Å². The minimum Gasteiger partial charge on any atom is -0.493 e. The molecule has 4 unspecified atom stereocenters. The molecule has 0 aliphatic heterocycles. The third kappa shape index (κ3) is 9.46. The molecule has 0 radical (unpaired) electrons. The smallest absolute Gasteiger partial charge is 0.314 e. The Morgan fingerprint density at radius 2 is 1.02 bits per heavy atom. The molecule has 0 saturated heterocycles. The Morgan fingerprint density at radius 3 is 1.38 bits per heavy atom. The fourth-order valence-electron chi connectivity index (χ4n) is 5.32. The molecule has 8 nitrogen and oxygen atoms in total. The maximum atomic E-state index is 12.3. The summed E-state index contributed by atoms with van der Waals surface area (Å²) >= 11 is 0. The van der Waals surface area contributed by atoms with Gasteiger partial charge in [0.05, 0.1) is 11.8 Å². The van der Waals surface area contributed by atoms with Crippen molar-refractivity contribution in [2.45, 2.75) is 91.6 Å². The van der Waals surface area contributed by atoms with Crippen LogP contribution < -0.4 is 9.47 Å². The van der Waals surface area contributed by atoms with Gasteiger partial charge in [-0.25, -0.2) is 0 Å². The van der Waals surface area contributed by atoms with Gasteiger partial charge in [-0.2, -0.15) is 0 Å². The van der Waals surface area contributed by atoms with E-state index in [1.165, 1.54) is 17.5 Å². The Kier molecular flexibility index (Phi) is 13.1. The van der Waals surface area contributed by atoms with Gasteiger partial charge in [0.25, 0.3) is 0 Å². The van der Waals surface area contributed by atoms with Gasteiger partial charge < -0.3 is 28.4 Å². The Morgan fingerprint density at radius 1 is 0.643 bits per heavy atom. The van der Waals surface area contributed by atoms with Crippen molar-refractivity contribution in [2.75, 3.05) is 26.4 Å². The van der Waals surface area contributed by atoms with E-state index in [0.29, 0.717) is 24.7 Å². The highest BCUT2D eigenvalue weighted by Crippen LogP contribution is 2.45. The van der Waals surface area contributed by atoms with Crippen LogP contribution in [-0.2, 0) is 34.0 Å². The van der Waals surface area contributed by atoms with Gasteiger partial charge in [0.1, 0.15) is 24.7 Å². The number of carbonyl (C=O) groups excluding carboxylic acids is 2. The quantitative estimate of drug-likeness (QED) is 0.157. The summed E-state index contributed by atoms with van der Waals surface area (Å²) in [6.45, 7) is 12.1. The van der Waals surface area contributed by atoms with Crippen LogP contribution >= 0.6 is 0 Å². The van der Waals surface area contributed by atoms with Gasteiger partial charge in [-0.3, -0.25) is 9.59 Å². The Balaban J connectivity index is 1.62. The molecule has 0 heterocycles. The monoisotopic (exact) mass is 584 g/mol. The minimum absolute atomic E-state index is 0.0890. The molecule has 4 atom stereocenters. The summed E-state index contributed by atoms with van der Waals surface area (Å²) in [6.07, 6.45) is 4.55. The van der Waals surface area contributed by atoms with Crippen LogP contribution in [0.5, 0.6) is 11.5 Å². The van der Waals surface area contributed by atoms with E-state index >= 15 is 0 Å². The fraction of sp³-hybridized carbons (Fsp3) is 0.588. The van der Waals surface area contributed by atoms with Crippen molar-refractivity contribution in [1.29, 1.82) is 0 Å². The lowest BCUT2D eigenvalue weighted by atomic mass is 9.65. The Labute approximate surface area is 251 Å². The SMILES string of the molecule is CCOC(C)OC(=O)C(C)COc1ccc(C2(c3ccc(OCC(C)C(=O)OC(C)OCC)cc3)CCCCC2)cc1. The minimum atomic E-state index is -0.571. The molecule has 0 bridgehead atoms. The molecule has 2 aromatic carbocycles. The van der Waals surface area contributed by atoms with E-state index in [1.807, 2.05) is 38.1 Å². The fourth-order valence-corrected chi connectivity index (χ4v) is 5.32. The van der Waals surface area contributed by atoms with Gasteiger partial charge in [0.2, 0.25) is 0 Å². The highest BCUT2D eigenvalue weighted by atomic mass is 16.7. The highest BCUT2D eigenvalue weighted by molar-refractivity contribution is 5.72. The maximum Gasteiger partial charge on any atom is 0.314 e. The second-order valence-electron chi connectivity index (χ2n) is 11.0. The van der Waals surface area contributed by atoms with Crippen LogP contribution in [0.2, 0.25) is 0 Å². The summed E-state index contributed by atoms with van der Waals surface area (Å²) in [5.74, 6) is -0.0718. The predicted octanol–water partition coefficient (Wildman–Crippen LogP) is 6.82. The van der Waals surface area contributed by atoms with Gasteiger partial charge in [-0.1, -0.05) is 43.5 Å². The van der Waals surface area contributed by atoms with E-state index in [0.717, 1.165) is 25.7 Å². The summed E-state index contributed by atoms with van der Waals surface area (Å²) in [7, 11) is 0. The van der Waals surface area contributed by atoms with Crippen molar-refractivity contribution in [3.05, 3.63) is 59.7 Å². The summed E-state index contributed by atoms with van der Waals surface area (Å²) in [4.78, 5) is 24.6. The standard InChI is InChI=1S/C34H48O8/c1-7-37-26(5)41-32(35)24(3)22-39-30-16-12-28(13-17-30)34(20-10-9-11-21-34)29-14-18-31(19-15-29)40-23-25(4)33(36)42-27(6)38-8-2/h12-19,24-27H,7-11,20-23H2,1-6H3. The van der Waals surface area contributed by atoms with Crippen LogP contribution in [-0.4, -0.2) is 50.9 Å². The van der Waals surface area contributed by atoms with Crippen LogP contribution in [0, 0.1) is 11.8 Å². The Bertz CT molecular complexity index is 1010. The third-order valence-corrected chi connectivity index (χ3v) is 7.69. The van der Waals surface area contributed by atoms with E-state index in [2.05, 4.69) is 24.3 Å². The zero-order valence-corrected chi connectivity index (χ0v) is 26.1. The van der Waals surface area contributed by atoms with Crippen molar-refractivity contribution in [1.82, 2.24) is 0 Å². The average Bonchev–Trinajstić information content (AvgIpc) is 2.99. The highest BCUT2D eigenvalue weighted by Gasteiger charge is 2.35. The number of hydrogen-bond acceptors (Lipinski definition) is 8. The molecule has 3 rings (SSSR count). The first-order valence-electron chi connectivity index (χ1n) is 15.3. The van der Waals surface area contributed by atoms with Crippen molar-refractivity contribution < 1.29 is 38.0 Å². The first kappa shape index (κ1) is 33.4. The van der Waals surface area contributed by atoms with Gasteiger partial charge >= 0.3 is 11.9 Å². The second kappa shape index (κ2) is 16.5. The Hall–Kier alpha value is -3.10. The first-order valence-corrected chi connectivity index (χ1v) is 15.3. The molecule has 0 aromatic heterocycles. The normalized spacial score (nSPS) is 17.4. The molecule has 42 heavy (non-hydrogen) atoms. The molecule has 2 aromatic rings. The van der Waals surface area contributed by atoms with Gasteiger partial charge in [-0.15, -0.1) is 0 Å². The molecule has 1 fully saturated rings. The van der Waals surface area contributed by atoms with E-state index in [-0.39, 0.29) is 30.6 Å². The summed E-state index contributed by atoms with van der Waals surface area (Å²) in [5.41, 5.74) is 2.41. The van der Waals surface area contributed by atoms with Crippen molar-refractivity contribution in [3.63, 3.8) is 0 Å². The number of hydrogen-bond donors (Lipinski definition) is 0. The zero-order valence-electron chi connectivity index (χ0n) is 26.1. The van der Waals surface area contributed by atoms with Gasteiger partial charge in [-0.05, 0) is 89.8 Å². The van der Waals surface area contributed by atoms with Crippen LogP contribution in [0.3, 0.4) is 0 Å². The second-order valence-corrected chi connectivity index (χ2v) is 11.0. The topological polar surface area (TPSA) is 89.5 Å². The molecule has 0 N–H and O–H groups in total. The lowest BCUT2D eigenvalue weighted by Crippen LogP contribution is -2.30. The first-order chi connectivity index (χ1) is 20.2. The van der Waals surface area contributed by atoms with Crippen molar-refractivity contribution in [3.8, 4) is 11.5 Å². The lowest BCUT2D eigenvalue weighted by Gasteiger charge is -2.38. The van der Waals surface area contributed by atoms with Crippen LogP contribution in [0.4, 0.5) is 0 Å². The number of ether oxygens (including phenoxy) is 6. The largest absolute Gasteiger partial charge is 0.493 e. The summed E-state index contributed by atoms with van der Waals surface area (Å²) < 4.78 is 33.0. The maximum absolute atomic E-state index is 12.3. The van der Waals surface area contributed by atoms with Crippen molar-refractivity contribution >= 4 is 11.9 Å². The third-order valence-electron chi connectivity index (χ3n) is 7.69. The molecule has 1 aliphatic rings. The molecule has 0 spiro atoms. The van der Waals surface area contributed by atoms with Crippen molar-refractivity contribution in [2.24, 2.45) is 11.8 Å². The average molecular weight is 585 g/mol.